The zero-order valence-corrected chi connectivity index (χ0v) is 18.8. The minimum atomic E-state index is -0.0297. The summed E-state index contributed by atoms with van der Waals surface area (Å²) in [5, 5.41) is 15.7. The van der Waals surface area contributed by atoms with Crippen LogP contribution in [0.3, 0.4) is 0 Å². The molecule has 0 spiro atoms. The lowest BCUT2D eigenvalue weighted by Crippen LogP contribution is -2.17. The maximum atomic E-state index is 12.6. The lowest BCUT2D eigenvalue weighted by atomic mass is 10.0. The van der Waals surface area contributed by atoms with Gasteiger partial charge in [-0.25, -0.2) is 0 Å². The molecule has 7 heteroatoms. The average molecular weight is 424 g/mol. The molecule has 0 unspecified atom stereocenters. The summed E-state index contributed by atoms with van der Waals surface area (Å²) in [5.74, 6) is 1.08. The number of rotatable bonds is 9. The highest BCUT2D eigenvalue weighted by atomic mass is 32.2. The van der Waals surface area contributed by atoms with Crippen molar-refractivity contribution in [1.29, 1.82) is 0 Å². The maximum Gasteiger partial charge on any atom is 0.234 e. The fourth-order valence-electron chi connectivity index (χ4n) is 3.19. The summed E-state index contributed by atoms with van der Waals surface area (Å²) in [6.07, 6.45) is 1.77. The molecule has 1 heterocycles. The van der Waals surface area contributed by atoms with Crippen LogP contribution >= 0.6 is 11.8 Å². The van der Waals surface area contributed by atoms with Gasteiger partial charge in [-0.3, -0.25) is 4.79 Å². The Morgan fingerprint density at radius 3 is 2.33 bits per heavy atom. The van der Waals surface area contributed by atoms with E-state index >= 15 is 0 Å². The lowest BCUT2D eigenvalue weighted by Gasteiger charge is -2.14. The third-order valence-corrected chi connectivity index (χ3v) is 6.04. The summed E-state index contributed by atoms with van der Waals surface area (Å²) < 4.78 is 1.93. The Labute approximate surface area is 182 Å². The third-order valence-electron chi connectivity index (χ3n) is 5.02. The number of anilines is 2. The van der Waals surface area contributed by atoms with Crippen LogP contribution in [0.1, 0.15) is 36.4 Å². The van der Waals surface area contributed by atoms with Crippen molar-refractivity contribution in [2.45, 2.75) is 45.3 Å². The number of thioether (sulfide) groups is 1. The first-order chi connectivity index (χ1) is 14.5. The second-order valence-electron chi connectivity index (χ2n) is 7.17. The summed E-state index contributed by atoms with van der Waals surface area (Å²) in [4.78, 5) is 12.6. The number of hydrogen-bond donors (Lipinski definition) is 2. The lowest BCUT2D eigenvalue weighted by molar-refractivity contribution is -0.113. The van der Waals surface area contributed by atoms with Gasteiger partial charge in [-0.1, -0.05) is 61.5 Å². The van der Waals surface area contributed by atoms with Crippen molar-refractivity contribution < 1.29 is 4.79 Å². The van der Waals surface area contributed by atoms with E-state index in [0.29, 0.717) is 12.3 Å². The normalized spacial score (nSPS) is 10.8. The molecule has 0 saturated heterocycles. The number of para-hydroxylation sites is 1. The largest absolute Gasteiger partial charge is 0.378 e. The number of hydrogen-bond acceptors (Lipinski definition) is 5. The van der Waals surface area contributed by atoms with E-state index < -0.39 is 0 Å². The number of amides is 1. The number of aryl methyl sites for hydroxylation is 3. The highest BCUT2D eigenvalue weighted by Crippen LogP contribution is 2.24. The Hall–Kier alpha value is -2.80. The first-order valence-corrected chi connectivity index (χ1v) is 11.2. The number of aromatic nitrogens is 3. The van der Waals surface area contributed by atoms with Crippen LogP contribution in [0.5, 0.6) is 0 Å². The van der Waals surface area contributed by atoms with E-state index in [4.69, 9.17) is 0 Å². The molecule has 0 aliphatic carbocycles. The molecule has 3 aromatic rings. The minimum Gasteiger partial charge on any atom is -0.378 e. The predicted molar refractivity (Wildman–Crippen MR) is 124 cm³/mol. The van der Waals surface area contributed by atoms with Crippen molar-refractivity contribution in [2.24, 2.45) is 7.05 Å². The second-order valence-corrected chi connectivity index (χ2v) is 8.12. The first-order valence-electron chi connectivity index (χ1n) is 10.2. The van der Waals surface area contributed by atoms with Gasteiger partial charge in [-0.2, -0.15) is 0 Å². The van der Waals surface area contributed by atoms with Gasteiger partial charge in [0.15, 0.2) is 11.0 Å². The van der Waals surface area contributed by atoms with E-state index in [-0.39, 0.29) is 5.91 Å². The summed E-state index contributed by atoms with van der Waals surface area (Å²) in [6, 6.07) is 14.4. The highest BCUT2D eigenvalue weighted by Gasteiger charge is 2.14. The molecule has 0 aliphatic rings. The average Bonchev–Trinajstić information content (AvgIpc) is 3.11. The summed E-state index contributed by atoms with van der Waals surface area (Å²) >= 11 is 1.40. The molecule has 30 heavy (non-hydrogen) atoms. The molecule has 2 aromatic carbocycles. The van der Waals surface area contributed by atoms with Gasteiger partial charge in [0.1, 0.15) is 0 Å². The quantitative estimate of drug-likeness (QED) is 0.493. The SMILES string of the molecule is CCc1cccc(CC)c1NC(=O)CSc1nnc(CNc2ccc(C)cc2)n1C. The minimum absolute atomic E-state index is 0.0297. The molecule has 0 fully saturated rings. The standard InChI is InChI=1S/C23H29N5OS/c1-5-17-8-7-9-18(6-2)22(17)25-21(29)15-30-23-27-26-20(28(23)4)14-24-19-12-10-16(3)11-13-19/h7-13,24H,5-6,14-15H2,1-4H3,(H,25,29). The van der Waals surface area contributed by atoms with Crippen LogP contribution in [0.4, 0.5) is 11.4 Å². The highest BCUT2D eigenvalue weighted by molar-refractivity contribution is 7.99. The molecule has 3 rings (SSSR count). The summed E-state index contributed by atoms with van der Waals surface area (Å²) in [6.45, 7) is 6.84. The van der Waals surface area contributed by atoms with E-state index in [9.17, 15) is 4.79 Å². The first kappa shape index (κ1) is 21.9. The molecule has 1 amide bonds. The van der Waals surface area contributed by atoms with E-state index in [1.165, 1.54) is 17.3 Å². The molecule has 2 N–H and O–H groups in total. The fourth-order valence-corrected chi connectivity index (χ4v) is 3.92. The topological polar surface area (TPSA) is 71.8 Å². The monoisotopic (exact) mass is 423 g/mol. The van der Waals surface area contributed by atoms with Crippen LogP contribution in [-0.2, 0) is 31.2 Å². The van der Waals surface area contributed by atoms with Crippen molar-refractivity contribution >= 4 is 29.0 Å². The Kier molecular flexibility index (Phi) is 7.52. The van der Waals surface area contributed by atoms with Gasteiger partial charge < -0.3 is 15.2 Å². The molecule has 1 aromatic heterocycles. The Morgan fingerprint density at radius 2 is 1.70 bits per heavy atom. The third kappa shape index (κ3) is 5.42. The van der Waals surface area contributed by atoms with Gasteiger partial charge in [0.25, 0.3) is 0 Å². The molecule has 6 nitrogen and oxygen atoms in total. The predicted octanol–water partition coefficient (Wildman–Crippen LogP) is 4.59. The van der Waals surface area contributed by atoms with Gasteiger partial charge in [-0.05, 0) is 43.0 Å². The molecule has 0 saturated carbocycles. The Balaban J connectivity index is 1.57. The number of benzene rings is 2. The van der Waals surface area contributed by atoms with Crippen LogP contribution in [0.25, 0.3) is 0 Å². The number of carbonyl (C=O) groups is 1. The Bertz CT molecular complexity index is 975. The van der Waals surface area contributed by atoms with Crippen molar-refractivity contribution in [2.75, 3.05) is 16.4 Å². The molecule has 158 valence electrons. The second kappa shape index (κ2) is 10.3. The zero-order chi connectivity index (χ0) is 21.5. The van der Waals surface area contributed by atoms with Gasteiger partial charge in [0.05, 0.1) is 12.3 Å². The molecule has 0 radical (unpaired) electrons. The maximum absolute atomic E-state index is 12.6. The van der Waals surface area contributed by atoms with Crippen LogP contribution in [0.2, 0.25) is 0 Å². The number of carbonyl (C=O) groups excluding carboxylic acids is 1. The van der Waals surface area contributed by atoms with Crippen LogP contribution in [-0.4, -0.2) is 26.4 Å². The van der Waals surface area contributed by atoms with Crippen molar-refractivity contribution in [1.82, 2.24) is 14.8 Å². The van der Waals surface area contributed by atoms with E-state index in [2.05, 4.69) is 65.9 Å². The van der Waals surface area contributed by atoms with Gasteiger partial charge >= 0.3 is 0 Å². The van der Waals surface area contributed by atoms with Gasteiger partial charge in [0, 0.05) is 18.4 Å². The summed E-state index contributed by atoms with van der Waals surface area (Å²) in [7, 11) is 1.92. The number of nitrogens with one attached hydrogen (secondary N) is 2. The van der Waals surface area contributed by atoms with Crippen LogP contribution in [0, 0.1) is 6.92 Å². The zero-order valence-electron chi connectivity index (χ0n) is 18.0. The molecule has 0 atom stereocenters. The van der Waals surface area contributed by atoms with E-state index in [1.807, 2.05) is 29.8 Å². The van der Waals surface area contributed by atoms with Gasteiger partial charge in [-0.15, -0.1) is 10.2 Å². The van der Waals surface area contributed by atoms with Gasteiger partial charge in [0.2, 0.25) is 5.91 Å². The van der Waals surface area contributed by atoms with Crippen molar-refractivity contribution in [3.63, 3.8) is 0 Å². The van der Waals surface area contributed by atoms with Crippen molar-refractivity contribution in [3.05, 3.63) is 65.0 Å². The number of nitrogens with zero attached hydrogens (tertiary/aromatic N) is 3. The molecular weight excluding hydrogens is 394 g/mol. The molecule has 0 aliphatic heterocycles. The molecule has 0 bridgehead atoms. The van der Waals surface area contributed by atoms with Crippen LogP contribution in [0.15, 0.2) is 47.6 Å². The molecular formula is C23H29N5OS. The smallest absolute Gasteiger partial charge is 0.234 e. The Morgan fingerprint density at radius 1 is 1.03 bits per heavy atom. The van der Waals surface area contributed by atoms with Crippen molar-refractivity contribution in [3.8, 4) is 0 Å². The van der Waals surface area contributed by atoms with E-state index in [0.717, 1.165) is 46.3 Å². The van der Waals surface area contributed by atoms with E-state index in [1.54, 1.807) is 0 Å². The van der Waals surface area contributed by atoms with Crippen LogP contribution < -0.4 is 10.6 Å². The fraction of sp³-hybridized carbons (Fsp3) is 0.348. The summed E-state index contributed by atoms with van der Waals surface area (Å²) in [5.41, 5.74) is 5.54.